The summed E-state index contributed by atoms with van der Waals surface area (Å²) >= 11 is 0. The third-order valence-corrected chi connectivity index (χ3v) is 13.0. The van der Waals surface area contributed by atoms with Gasteiger partial charge in [0.1, 0.15) is 47.9 Å². The maximum absolute atomic E-state index is 14.0. The number of carboxylic acid groups (broad SMARTS) is 1. The molecular formula is C49H55N3O17. The van der Waals surface area contributed by atoms with Crippen LogP contribution in [0, 0.1) is 19.8 Å². The summed E-state index contributed by atoms with van der Waals surface area (Å²) in [5.41, 5.74) is -1.07. The van der Waals surface area contributed by atoms with Gasteiger partial charge in [-0.3, -0.25) is 29.5 Å². The average Bonchev–Trinajstić information content (AvgIpc) is 3.90. The molecule has 4 heterocycles. The van der Waals surface area contributed by atoms with Gasteiger partial charge in [-0.2, -0.15) is 0 Å². The minimum atomic E-state index is -3.42. The predicted molar refractivity (Wildman–Crippen MR) is 244 cm³/mol. The van der Waals surface area contributed by atoms with E-state index in [1.165, 1.54) is 53.8 Å². The molecular weight excluding hydrogens is 903 g/mol. The lowest BCUT2D eigenvalue weighted by Gasteiger charge is -2.52. The number of carbonyl (C=O) groups is 2. The number of hydrogen-bond acceptors (Lipinski definition) is 19. The zero-order valence-corrected chi connectivity index (χ0v) is 37.7. The lowest BCUT2D eigenvalue weighted by atomic mass is 9.84. The van der Waals surface area contributed by atoms with Crippen LogP contribution >= 0.6 is 0 Å². The Morgan fingerprint density at radius 2 is 1.68 bits per heavy atom. The Morgan fingerprint density at radius 1 is 0.971 bits per heavy atom. The zero-order valence-electron chi connectivity index (χ0n) is 37.7. The zero-order chi connectivity index (χ0) is 49.4. The van der Waals surface area contributed by atoms with E-state index in [1.807, 2.05) is 32.0 Å². The number of carbonyl (C=O) groups excluding carboxylic acids is 1. The third kappa shape index (κ3) is 9.52. The van der Waals surface area contributed by atoms with Crippen molar-refractivity contribution in [2.75, 3.05) is 26.4 Å². The van der Waals surface area contributed by atoms with E-state index in [-0.39, 0.29) is 34.6 Å². The molecule has 8 unspecified atom stereocenters. The van der Waals surface area contributed by atoms with Gasteiger partial charge < -0.3 is 64.6 Å². The number of hydrogen-bond donors (Lipinski definition) is 10. The van der Waals surface area contributed by atoms with Crippen LogP contribution in [0.4, 0.5) is 0 Å². The van der Waals surface area contributed by atoms with Crippen molar-refractivity contribution >= 4 is 34.8 Å². The summed E-state index contributed by atoms with van der Waals surface area (Å²) in [6, 6.07) is 15.0. The molecule has 0 bridgehead atoms. The number of aliphatic carboxylic acids is 1. The topological polar surface area (TPSA) is 311 Å². The number of hydroxylamine groups is 2. The van der Waals surface area contributed by atoms with Gasteiger partial charge in [-0.1, -0.05) is 48.6 Å². The molecule has 0 radical (unpaired) electrons. The maximum atomic E-state index is 14.0. The minimum absolute atomic E-state index is 0.0106. The van der Waals surface area contributed by atoms with E-state index in [0.717, 1.165) is 30.4 Å². The predicted octanol–water partition coefficient (Wildman–Crippen LogP) is 1.88. The summed E-state index contributed by atoms with van der Waals surface area (Å²) in [6.45, 7) is 0.201. The number of esters is 1. The molecule has 2 fully saturated rings. The Kier molecular flexibility index (Phi) is 14.1. The van der Waals surface area contributed by atoms with Crippen molar-refractivity contribution in [3.8, 4) is 22.6 Å². The molecule has 20 nitrogen and oxygen atoms in total. The van der Waals surface area contributed by atoms with Gasteiger partial charge in [0.2, 0.25) is 11.9 Å². The van der Waals surface area contributed by atoms with Gasteiger partial charge in [0.25, 0.3) is 5.79 Å². The van der Waals surface area contributed by atoms with Crippen molar-refractivity contribution in [1.82, 2.24) is 10.4 Å². The van der Waals surface area contributed by atoms with Crippen molar-refractivity contribution in [1.29, 1.82) is 0 Å². The largest absolute Gasteiger partial charge is 0.508 e. The molecule has 4 aliphatic rings. The van der Waals surface area contributed by atoms with Gasteiger partial charge in [-0.05, 0) is 74.7 Å². The fraction of sp³-hybridized carbons (Fsp3) is 0.429. The van der Waals surface area contributed by atoms with E-state index in [2.05, 4.69) is 10.3 Å². The molecule has 10 N–H and O–H groups in total. The average molecular weight is 958 g/mol. The number of aryl methyl sites for hydroxylation is 2. The lowest BCUT2D eigenvalue weighted by molar-refractivity contribution is -0.408. The van der Waals surface area contributed by atoms with Crippen LogP contribution in [-0.2, 0) is 23.9 Å². The number of aliphatic hydroxyl groups is 7. The quantitative estimate of drug-likeness (QED) is 0.0410. The van der Waals surface area contributed by atoms with Crippen LogP contribution in [0.1, 0.15) is 55.2 Å². The molecule has 1 saturated heterocycles. The number of carboxylic acids is 1. The van der Waals surface area contributed by atoms with Gasteiger partial charge in [-0.15, -0.1) is 0 Å². The van der Waals surface area contributed by atoms with E-state index < -0.39 is 97.3 Å². The number of phenolic OH excluding ortho intramolecular Hbond substituents is 1. The highest BCUT2D eigenvalue weighted by atomic mass is 16.8. The molecule has 368 valence electrons. The van der Waals surface area contributed by atoms with E-state index >= 15 is 0 Å². The van der Waals surface area contributed by atoms with Crippen LogP contribution in [0.25, 0.3) is 27.8 Å². The molecule has 1 aromatic heterocycles. The number of aromatic hydroxyl groups is 1. The highest BCUT2D eigenvalue weighted by Gasteiger charge is 2.65. The summed E-state index contributed by atoms with van der Waals surface area (Å²) in [5, 5.41) is 104. The van der Waals surface area contributed by atoms with Gasteiger partial charge >= 0.3 is 11.9 Å². The Balaban J connectivity index is 1.17. The molecule has 69 heavy (non-hydrogen) atoms. The van der Waals surface area contributed by atoms with Crippen molar-refractivity contribution in [3.63, 3.8) is 0 Å². The Morgan fingerprint density at radius 3 is 2.33 bits per heavy atom. The maximum Gasteiger partial charge on any atom is 0.327 e. The fourth-order valence-corrected chi connectivity index (χ4v) is 9.58. The van der Waals surface area contributed by atoms with Crippen molar-refractivity contribution < 1.29 is 79.0 Å². The highest BCUT2D eigenvalue weighted by molar-refractivity contribution is 5.95. The summed E-state index contributed by atoms with van der Waals surface area (Å²) in [4.78, 5) is 51.6. The second-order valence-corrected chi connectivity index (χ2v) is 18.0. The third-order valence-electron chi connectivity index (χ3n) is 13.0. The molecule has 3 aliphatic heterocycles. The second kappa shape index (κ2) is 19.8. The number of nitrogens with one attached hydrogen (secondary N) is 1. The van der Waals surface area contributed by atoms with Crippen LogP contribution in [0.3, 0.4) is 0 Å². The molecule has 20 heteroatoms. The molecule has 0 amide bonds. The first-order chi connectivity index (χ1) is 32.9. The van der Waals surface area contributed by atoms with E-state index in [0.29, 0.717) is 40.9 Å². The number of nitrogens with zero attached hydrogens (tertiary/aromatic N) is 2. The van der Waals surface area contributed by atoms with Crippen molar-refractivity contribution in [2.45, 2.75) is 100 Å². The van der Waals surface area contributed by atoms with Gasteiger partial charge in [-0.25, -0.2) is 5.06 Å². The van der Waals surface area contributed by atoms with E-state index in [1.54, 1.807) is 12.3 Å². The Hall–Kier alpha value is -6.04. The Labute approximate surface area is 394 Å². The number of ether oxygens (including phenoxy) is 3. The number of fused-ring (bicyclic) bond motifs is 2. The minimum Gasteiger partial charge on any atom is -0.508 e. The van der Waals surface area contributed by atoms with Crippen molar-refractivity contribution in [2.24, 2.45) is 10.9 Å². The first-order valence-electron chi connectivity index (χ1n) is 22.5. The number of benzene rings is 3. The normalized spacial score (nSPS) is 24.9. The molecule has 1 saturated carbocycles. The van der Waals surface area contributed by atoms with E-state index in [9.17, 15) is 60.3 Å². The van der Waals surface area contributed by atoms with Crippen LogP contribution in [-0.4, -0.2) is 143 Å². The number of aliphatic hydroxyl groups excluding tert-OH is 5. The summed E-state index contributed by atoms with van der Waals surface area (Å²) in [6.07, 6.45) is -2.12. The first-order valence-corrected chi connectivity index (χ1v) is 22.5. The lowest BCUT2D eigenvalue weighted by Crippen LogP contribution is -2.75. The van der Waals surface area contributed by atoms with Gasteiger partial charge in [0.05, 0.1) is 35.5 Å². The first kappa shape index (κ1) is 49.4. The SMILES string of the molecule is Cc1cc(C)cc(C2=C3N=CC=C3CN2OC2(CO)C(Oc3ccc4c(=O)c(-c5ccc(O)cc5)coc4c3)OC(C(O)(CO)OC(=O)C(C(=O)O)C(O)(CCO)NC3CCCCC3)C(O)C2O)c1. The molecule has 0 spiro atoms. The molecule has 8 rings (SSSR count). The van der Waals surface area contributed by atoms with Crippen LogP contribution in [0.5, 0.6) is 11.5 Å². The number of phenols is 1. The van der Waals surface area contributed by atoms with Crippen LogP contribution in [0.2, 0.25) is 0 Å². The van der Waals surface area contributed by atoms with E-state index in [4.69, 9.17) is 23.5 Å². The van der Waals surface area contributed by atoms with Crippen molar-refractivity contribution in [3.05, 3.63) is 111 Å². The monoisotopic (exact) mass is 957 g/mol. The Bertz CT molecular complexity index is 2710. The number of aliphatic imine (C=N–C) groups is 1. The summed E-state index contributed by atoms with van der Waals surface area (Å²) in [7, 11) is 0. The highest BCUT2D eigenvalue weighted by Crippen LogP contribution is 2.45. The van der Waals surface area contributed by atoms with Gasteiger partial charge in [0.15, 0.2) is 17.5 Å². The van der Waals surface area contributed by atoms with Crippen LogP contribution < -0.4 is 15.5 Å². The fourth-order valence-electron chi connectivity index (χ4n) is 9.58. The number of allylic oxidation sites excluding steroid dienone is 1. The standard InChI is InChI=1S/C49H55N3O17/c1-26-18-27(2)20-30(19-26)39-38-29(14-16-50-38)22-52(39)69-47(24-54)42(59)41(58)43(49(64,25-55)68-45(62)37(44(60)61)48(63,15-17-53)51-31-6-4-3-5-7-31)67-46(47)66-33-12-13-34-36(21-33)65-23-35(40(34)57)28-8-10-32(56)11-9-28/h8-14,16,18-21,23,31,37,41-43,46,51,53-56,58-59,63-64H,3-7,15,17,22,24-25H2,1-2H3,(H,60,61). The molecule has 3 aromatic carbocycles. The number of rotatable bonds is 17. The molecule has 8 atom stereocenters. The molecule has 4 aromatic rings. The van der Waals surface area contributed by atoms with Crippen LogP contribution in [0.15, 0.2) is 98.5 Å². The summed E-state index contributed by atoms with van der Waals surface area (Å²) < 4.78 is 23.6. The second-order valence-electron chi connectivity index (χ2n) is 18.0. The summed E-state index contributed by atoms with van der Waals surface area (Å²) in [5.74, 6) is -9.88. The molecule has 1 aliphatic carbocycles. The van der Waals surface area contributed by atoms with Gasteiger partial charge in [0, 0.05) is 42.5 Å². The smallest absolute Gasteiger partial charge is 0.327 e.